The average molecular weight is 219 g/mol. The van der Waals surface area contributed by atoms with Crippen LogP contribution in [0.5, 0.6) is 11.5 Å². The molecule has 1 aromatic rings. The van der Waals surface area contributed by atoms with E-state index < -0.39 is 0 Å². The summed E-state index contributed by atoms with van der Waals surface area (Å²) in [4.78, 5) is 0. The summed E-state index contributed by atoms with van der Waals surface area (Å²) < 4.78 is 11.4. The van der Waals surface area contributed by atoms with Crippen molar-refractivity contribution in [3.05, 3.63) is 36.5 Å². The van der Waals surface area contributed by atoms with E-state index in [4.69, 9.17) is 9.47 Å². The summed E-state index contributed by atoms with van der Waals surface area (Å²) >= 11 is 0. The monoisotopic (exact) mass is 219 g/mol. The lowest BCUT2D eigenvalue weighted by Crippen LogP contribution is -2.36. The molecule has 3 nitrogen and oxygen atoms in total. The zero-order valence-electron chi connectivity index (χ0n) is 9.53. The Kier molecular flexibility index (Phi) is 3.34. The van der Waals surface area contributed by atoms with Crippen molar-refractivity contribution in [3.8, 4) is 11.5 Å². The van der Waals surface area contributed by atoms with Gasteiger partial charge in [0.15, 0.2) is 17.6 Å². The van der Waals surface area contributed by atoms with Crippen LogP contribution in [0.1, 0.15) is 13.3 Å². The number of para-hydroxylation sites is 2. The first kappa shape index (κ1) is 10.9. The van der Waals surface area contributed by atoms with E-state index >= 15 is 0 Å². The first-order chi connectivity index (χ1) is 7.81. The molecule has 0 amide bonds. The largest absolute Gasteiger partial charge is 0.485 e. The lowest BCUT2D eigenvalue weighted by atomic mass is 10.2. The third-order valence-corrected chi connectivity index (χ3v) is 2.50. The van der Waals surface area contributed by atoms with Crippen LogP contribution in [-0.4, -0.2) is 19.3 Å². The molecule has 16 heavy (non-hydrogen) atoms. The fourth-order valence-corrected chi connectivity index (χ4v) is 1.59. The minimum Gasteiger partial charge on any atom is -0.485 e. The molecule has 0 radical (unpaired) electrons. The molecule has 1 unspecified atom stereocenters. The van der Waals surface area contributed by atoms with Gasteiger partial charge in [-0.3, -0.25) is 0 Å². The van der Waals surface area contributed by atoms with Crippen molar-refractivity contribution < 1.29 is 9.47 Å². The van der Waals surface area contributed by atoms with Crippen molar-refractivity contribution in [1.29, 1.82) is 0 Å². The lowest BCUT2D eigenvalue weighted by Gasteiger charge is -2.28. The Morgan fingerprint density at radius 1 is 1.44 bits per heavy atom. The Balaban J connectivity index is 1.99. The molecule has 1 N–H and O–H groups in total. The molecule has 0 aromatic heterocycles. The van der Waals surface area contributed by atoms with Crippen molar-refractivity contribution in [3.63, 3.8) is 0 Å². The van der Waals surface area contributed by atoms with E-state index in [1.807, 2.05) is 24.3 Å². The molecule has 1 aliphatic rings. The third-order valence-electron chi connectivity index (χ3n) is 2.50. The van der Waals surface area contributed by atoms with Crippen molar-refractivity contribution in [2.24, 2.45) is 0 Å². The molecule has 1 heterocycles. The van der Waals surface area contributed by atoms with Gasteiger partial charge >= 0.3 is 0 Å². The Morgan fingerprint density at radius 2 is 2.19 bits per heavy atom. The molecule has 1 aliphatic heterocycles. The molecule has 0 saturated heterocycles. The minimum atomic E-state index is -0.0959. The third kappa shape index (κ3) is 2.30. The highest BCUT2D eigenvalue weighted by molar-refractivity contribution is 5.41. The quantitative estimate of drug-likeness (QED) is 0.843. The maximum Gasteiger partial charge on any atom is 0.171 e. The van der Waals surface area contributed by atoms with Gasteiger partial charge in [-0.05, 0) is 18.6 Å². The van der Waals surface area contributed by atoms with Crippen molar-refractivity contribution in [2.75, 3.05) is 13.2 Å². The molecule has 86 valence electrons. The Hall–Kier alpha value is -1.64. The van der Waals surface area contributed by atoms with E-state index in [9.17, 15) is 0 Å². The fraction of sp³-hybridized carbons (Fsp3) is 0.385. The van der Waals surface area contributed by atoms with Crippen LogP contribution in [0.4, 0.5) is 0 Å². The molecule has 2 rings (SSSR count). The van der Waals surface area contributed by atoms with E-state index in [-0.39, 0.29) is 6.10 Å². The van der Waals surface area contributed by atoms with E-state index in [1.165, 1.54) is 0 Å². The summed E-state index contributed by atoms with van der Waals surface area (Å²) in [6.07, 6.45) is 0.977. The van der Waals surface area contributed by atoms with Gasteiger partial charge in [-0.25, -0.2) is 0 Å². The highest BCUT2D eigenvalue weighted by atomic mass is 16.6. The normalized spacial score (nSPS) is 17.9. The van der Waals surface area contributed by atoms with Crippen molar-refractivity contribution in [2.45, 2.75) is 19.4 Å². The number of nitrogens with one attached hydrogen (secondary N) is 1. The summed E-state index contributed by atoms with van der Waals surface area (Å²) in [5, 5.41) is 3.23. The molecule has 0 bridgehead atoms. The number of rotatable bonds is 4. The molecule has 3 heteroatoms. The van der Waals surface area contributed by atoms with E-state index in [0.29, 0.717) is 6.61 Å². The van der Waals surface area contributed by atoms with Crippen LogP contribution in [0.15, 0.2) is 36.5 Å². The van der Waals surface area contributed by atoms with Crippen LogP contribution in [-0.2, 0) is 0 Å². The second kappa shape index (κ2) is 4.92. The zero-order valence-corrected chi connectivity index (χ0v) is 9.53. The van der Waals surface area contributed by atoms with Crippen LogP contribution >= 0.6 is 0 Å². The number of ether oxygens (including phenoxy) is 2. The second-order valence-electron chi connectivity index (χ2n) is 3.82. The molecule has 1 atom stereocenters. The molecule has 1 aromatic carbocycles. The van der Waals surface area contributed by atoms with Crippen LogP contribution < -0.4 is 14.8 Å². The van der Waals surface area contributed by atoms with E-state index in [2.05, 4.69) is 18.8 Å². The summed E-state index contributed by atoms with van der Waals surface area (Å²) in [7, 11) is 0. The van der Waals surface area contributed by atoms with Gasteiger partial charge in [-0.2, -0.15) is 0 Å². The van der Waals surface area contributed by atoms with Gasteiger partial charge in [0.05, 0.1) is 0 Å². The minimum absolute atomic E-state index is 0.0959. The predicted octanol–water partition coefficient (Wildman–Crippen LogP) is 2.34. The van der Waals surface area contributed by atoms with Gasteiger partial charge in [-0.15, -0.1) is 0 Å². The molecular formula is C13H17NO2. The van der Waals surface area contributed by atoms with Gasteiger partial charge < -0.3 is 14.8 Å². The van der Waals surface area contributed by atoms with E-state index in [1.54, 1.807) is 0 Å². The molecule has 0 saturated carbocycles. The first-order valence-corrected chi connectivity index (χ1v) is 5.62. The summed E-state index contributed by atoms with van der Waals surface area (Å²) in [5.74, 6) is 1.60. The van der Waals surface area contributed by atoms with Gasteiger partial charge in [0, 0.05) is 12.2 Å². The number of benzene rings is 1. The van der Waals surface area contributed by atoms with E-state index in [0.717, 1.165) is 30.2 Å². The molecule has 0 spiro atoms. The van der Waals surface area contributed by atoms with Crippen LogP contribution in [0.3, 0.4) is 0 Å². The summed E-state index contributed by atoms with van der Waals surface area (Å²) in [6.45, 7) is 7.53. The van der Waals surface area contributed by atoms with Gasteiger partial charge in [-0.1, -0.05) is 25.6 Å². The summed E-state index contributed by atoms with van der Waals surface area (Å²) in [5.41, 5.74) is 0.886. The van der Waals surface area contributed by atoms with Crippen molar-refractivity contribution in [1.82, 2.24) is 5.32 Å². The molecule has 0 fully saturated rings. The maximum absolute atomic E-state index is 5.80. The lowest BCUT2D eigenvalue weighted by molar-refractivity contribution is 0.111. The Bertz CT molecular complexity index is 376. The highest BCUT2D eigenvalue weighted by Gasteiger charge is 2.22. The number of hydrogen-bond donors (Lipinski definition) is 1. The molecule has 0 aliphatic carbocycles. The SMILES string of the molecule is C=C(NCCC)C1COc2ccccc2O1. The fourth-order valence-electron chi connectivity index (χ4n) is 1.59. The average Bonchev–Trinajstić information content (AvgIpc) is 2.35. The predicted molar refractivity (Wildman–Crippen MR) is 63.8 cm³/mol. The first-order valence-electron chi connectivity index (χ1n) is 5.62. The Labute approximate surface area is 96.1 Å². The second-order valence-corrected chi connectivity index (χ2v) is 3.82. The maximum atomic E-state index is 5.80. The van der Waals surface area contributed by atoms with Gasteiger partial charge in [0.1, 0.15) is 6.61 Å². The smallest absolute Gasteiger partial charge is 0.171 e. The molecular weight excluding hydrogens is 202 g/mol. The van der Waals surface area contributed by atoms with Crippen molar-refractivity contribution >= 4 is 0 Å². The summed E-state index contributed by atoms with van der Waals surface area (Å²) in [6, 6.07) is 7.70. The highest BCUT2D eigenvalue weighted by Crippen LogP contribution is 2.31. The van der Waals surface area contributed by atoms with Crippen LogP contribution in [0.25, 0.3) is 0 Å². The topological polar surface area (TPSA) is 30.5 Å². The number of fused-ring (bicyclic) bond motifs is 1. The zero-order chi connectivity index (χ0) is 11.4. The van der Waals surface area contributed by atoms with Gasteiger partial charge in [0.2, 0.25) is 0 Å². The van der Waals surface area contributed by atoms with Crippen LogP contribution in [0.2, 0.25) is 0 Å². The standard InChI is InChI=1S/C13H17NO2/c1-3-8-14-10(2)13-9-15-11-6-4-5-7-12(11)16-13/h4-7,13-14H,2-3,8-9H2,1H3. The van der Waals surface area contributed by atoms with Crippen LogP contribution in [0, 0.1) is 0 Å². The van der Waals surface area contributed by atoms with Gasteiger partial charge in [0.25, 0.3) is 0 Å². The Morgan fingerprint density at radius 3 is 2.94 bits per heavy atom. The number of hydrogen-bond acceptors (Lipinski definition) is 3.